The van der Waals surface area contributed by atoms with Crippen LogP contribution in [-0.4, -0.2) is 23.7 Å². The molecule has 1 aliphatic rings. The Morgan fingerprint density at radius 1 is 1.35 bits per heavy atom. The number of benzene rings is 1. The lowest BCUT2D eigenvalue weighted by Crippen LogP contribution is -2.41. The Hall–Kier alpha value is -0.710. The van der Waals surface area contributed by atoms with Gasteiger partial charge in [-0.25, -0.2) is 0 Å². The van der Waals surface area contributed by atoms with Crippen molar-refractivity contribution in [1.82, 2.24) is 5.32 Å². The van der Waals surface area contributed by atoms with Gasteiger partial charge in [0.25, 0.3) is 0 Å². The summed E-state index contributed by atoms with van der Waals surface area (Å²) in [6.45, 7) is 0. The summed E-state index contributed by atoms with van der Waals surface area (Å²) in [5.74, 6) is 1.43. The lowest BCUT2D eigenvalue weighted by atomic mass is 9.92. The van der Waals surface area contributed by atoms with E-state index in [0.717, 1.165) is 42.0 Å². The first-order valence-corrected chi connectivity index (χ1v) is 8.54. The van der Waals surface area contributed by atoms with Crippen LogP contribution in [0.4, 0.5) is 0 Å². The van der Waals surface area contributed by atoms with Gasteiger partial charge in [-0.3, -0.25) is 4.79 Å². The molecule has 0 bridgehead atoms. The maximum atomic E-state index is 11.9. The predicted octanol–water partition coefficient (Wildman–Crippen LogP) is 2.96. The number of nitrogens with two attached hydrogens (primary N) is 1. The van der Waals surface area contributed by atoms with Crippen LogP contribution in [0.2, 0.25) is 5.02 Å². The average molecular weight is 313 g/mol. The van der Waals surface area contributed by atoms with E-state index in [0.29, 0.717) is 17.8 Å². The van der Waals surface area contributed by atoms with E-state index in [1.165, 1.54) is 0 Å². The molecule has 1 aromatic carbocycles. The van der Waals surface area contributed by atoms with E-state index >= 15 is 0 Å². The van der Waals surface area contributed by atoms with Crippen molar-refractivity contribution >= 4 is 29.3 Å². The highest BCUT2D eigenvalue weighted by Gasteiger charge is 2.19. The fourth-order valence-electron chi connectivity index (χ4n) is 2.42. The standard InChI is InChI=1S/C15H21ClN2OS/c16-12-3-1-2-11(8-12)9-20-10-15(19)18-14-6-4-13(17)5-7-14/h1-3,8,13-14H,4-7,9-10,17H2,(H,18,19). The highest BCUT2D eigenvalue weighted by Crippen LogP contribution is 2.18. The van der Waals surface area contributed by atoms with Crippen LogP contribution >= 0.6 is 23.4 Å². The molecule has 3 nitrogen and oxygen atoms in total. The third-order valence-corrected chi connectivity index (χ3v) is 4.77. The van der Waals surface area contributed by atoms with Gasteiger partial charge in [0.2, 0.25) is 5.91 Å². The van der Waals surface area contributed by atoms with E-state index in [4.69, 9.17) is 17.3 Å². The molecule has 0 aromatic heterocycles. The number of nitrogens with one attached hydrogen (secondary N) is 1. The lowest BCUT2D eigenvalue weighted by molar-refractivity contribution is -0.119. The van der Waals surface area contributed by atoms with E-state index in [-0.39, 0.29) is 5.91 Å². The van der Waals surface area contributed by atoms with E-state index < -0.39 is 0 Å². The van der Waals surface area contributed by atoms with Crippen LogP contribution in [0.3, 0.4) is 0 Å². The molecule has 1 amide bonds. The van der Waals surface area contributed by atoms with Crippen molar-refractivity contribution in [3.05, 3.63) is 34.9 Å². The van der Waals surface area contributed by atoms with Crippen LogP contribution in [0, 0.1) is 0 Å². The second-order valence-corrected chi connectivity index (χ2v) is 6.72. The molecule has 5 heteroatoms. The van der Waals surface area contributed by atoms with Crippen LogP contribution in [0.25, 0.3) is 0 Å². The number of hydrogen-bond acceptors (Lipinski definition) is 3. The third-order valence-electron chi connectivity index (χ3n) is 3.53. The minimum Gasteiger partial charge on any atom is -0.353 e. The summed E-state index contributed by atoms with van der Waals surface area (Å²) in [6.07, 6.45) is 4.04. The van der Waals surface area contributed by atoms with E-state index in [2.05, 4.69) is 5.32 Å². The third kappa shape index (κ3) is 5.35. The van der Waals surface area contributed by atoms with Gasteiger partial charge in [0.05, 0.1) is 5.75 Å². The van der Waals surface area contributed by atoms with Gasteiger partial charge in [0.1, 0.15) is 0 Å². The molecule has 2 rings (SSSR count). The number of hydrogen-bond donors (Lipinski definition) is 2. The van der Waals surface area contributed by atoms with Crippen LogP contribution in [0.5, 0.6) is 0 Å². The first-order chi connectivity index (χ1) is 9.63. The van der Waals surface area contributed by atoms with Gasteiger partial charge in [0, 0.05) is 22.9 Å². The molecule has 1 saturated carbocycles. The molecule has 20 heavy (non-hydrogen) atoms. The molecule has 1 fully saturated rings. The van der Waals surface area contributed by atoms with Crippen molar-refractivity contribution in [3.8, 4) is 0 Å². The highest BCUT2D eigenvalue weighted by molar-refractivity contribution is 7.99. The van der Waals surface area contributed by atoms with Crippen molar-refractivity contribution in [1.29, 1.82) is 0 Å². The van der Waals surface area contributed by atoms with Gasteiger partial charge in [-0.1, -0.05) is 23.7 Å². The lowest BCUT2D eigenvalue weighted by Gasteiger charge is -2.26. The topological polar surface area (TPSA) is 55.1 Å². The molecule has 0 radical (unpaired) electrons. The number of halogens is 1. The minimum absolute atomic E-state index is 0.123. The van der Waals surface area contributed by atoms with Crippen LogP contribution in [0.1, 0.15) is 31.2 Å². The number of amides is 1. The number of carbonyl (C=O) groups excluding carboxylic acids is 1. The van der Waals surface area contributed by atoms with Gasteiger partial charge in [-0.15, -0.1) is 11.8 Å². The largest absolute Gasteiger partial charge is 0.353 e. The minimum atomic E-state index is 0.123. The molecule has 3 N–H and O–H groups in total. The Morgan fingerprint density at radius 2 is 2.10 bits per heavy atom. The molecule has 0 spiro atoms. The van der Waals surface area contributed by atoms with Gasteiger partial charge in [-0.2, -0.15) is 0 Å². The van der Waals surface area contributed by atoms with Crippen LogP contribution in [0.15, 0.2) is 24.3 Å². The van der Waals surface area contributed by atoms with Crippen molar-refractivity contribution in [3.63, 3.8) is 0 Å². The van der Waals surface area contributed by atoms with Gasteiger partial charge in [-0.05, 0) is 43.4 Å². The normalized spacial score (nSPS) is 22.5. The fraction of sp³-hybridized carbons (Fsp3) is 0.533. The maximum absolute atomic E-state index is 11.9. The smallest absolute Gasteiger partial charge is 0.230 e. The van der Waals surface area contributed by atoms with Crippen LogP contribution in [-0.2, 0) is 10.5 Å². The van der Waals surface area contributed by atoms with Crippen molar-refractivity contribution in [2.45, 2.75) is 43.5 Å². The Morgan fingerprint density at radius 3 is 2.80 bits per heavy atom. The summed E-state index contributed by atoms with van der Waals surface area (Å²) < 4.78 is 0. The first kappa shape index (κ1) is 15.7. The second-order valence-electron chi connectivity index (χ2n) is 5.30. The zero-order chi connectivity index (χ0) is 14.4. The molecular weight excluding hydrogens is 292 g/mol. The maximum Gasteiger partial charge on any atom is 0.230 e. The molecule has 1 aromatic rings. The molecule has 0 heterocycles. The van der Waals surface area contributed by atoms with E-state index in [1.807, 2.05) is 24.3 Å². The molecular formula is C15H21ClN2OS. The zero-order valence-electron chi connectivity index (χ0n) is 11.5. The molecule has 0 unspecified atom stereocenters. The zero-order valence-corrected chi connectivity index (χ0v) is 13.1. The average Bonchev–Trinajstić information content (AvgIpc) is 2.41. The second kappa shape index (κ2) is 7.91. The fourth-order valence-corrected chi connectivity index (χ4v) is 3.42. The Balaban J connectivity index is 1.65. The van der Waals surface area contributed by atoms with Crippen LogP contribution < -0.4 is 11.1 Å². The Kier molecular flexibility index (Phi) is 6.20. The first-order valence-electron chi connectivity index (χ1n) is 7.00. The quantitative estimate of drug-likeness (QED) is 0.879. The summed E-state index contributed by atoms with van der Waals surface area (Å²) in [6, 6.07) is 8.39. The summed E-state index contributed by atoms with van der Waals surface area (Å²) in [4.78, 5) is 11.9. The van der Waals surface area contributed by atoms with Gasteiger partial charge in [0.15, 0.2) is 0 Å². The van der Waals surface area contributed by atoms with Crippen molar-refractivity contribution < 1.29 is 4.79 Å². The summed E-state index contributed by atoms with van der Waals surface area (Å²) in [7, 11) is 0. The summed E-state index contributed by atoms with van der Waals surface area (Å²) >= 11 is 7.55. The molecule has 110 valence electrons. The van der Waals surface area contributed by atoms with Crippen molar-refractivity contribution in [2.24, 2.45) is 5.73 Å². The van der Waals surface area contributed by atoms with E-state index in [1.54, 1.807) is 11.8 Å². The number of rotatable bonds is 5. The molecule has 0 aliphatic heterocycles. The van der Waals surface area contributed by atoms with E-state index in [9.17, 15) is 4.79 Å². The highest BCUT2D eigenvalue weighted by atomic mass is 35.5. The Labute approximate surface area is 129 Å². The van der Waals surface area contributed by atoms with Gasteiger partial charge < -0.3 is 11.1 Å². The molecule has 0 atom stereocenters. The number of thioether (sulfide) groups is 1. The SMILES string of the molecule is NC1CCC(NC(=O)CSCc2cccc(Cl)c2)CC1. The molecule has 1 aliphatic carbocycles. The summed E-state index contributed by atoms with van der Waals surface area (Å²) in [5, 5.41) is 3.84. The number of carbonyl (C=O) groups is 1. The Bertz CT molecular complexity index is 447. The van der Waals surface area contributed by atoms with Crippen molar-refractivity contribution in [2.75, 3.05) is 5.75 Å². The molecule has 0 saturated heterocycles. The van der Waals surface area contributed by atoms with Gasteiger partial charge >= 0.3 is 0 Å². The monoisotopic (exact) mass is 312 g/mol. The predicted molar refractivity (Wildman–Crippen MR) is 86.0 cm³/mol. The summed E-state index contributed by atoms with van der Waals surface area (Å²) in [5.41, 5.74) is 7.01.